The maximum absolute atomic E-state index is 14.5. The summed E-state index contributed by atoms with van der Waals surface area (Å²) in [5, 5.41) is 20.7. The number of carbonyl (C=O) groups is 1. The molecule has 1 N–H and O–H groups in total. The number of nitrogens with zero attached hydrogens (tertiary/aromatic N) is 7. The van der Waals surface area contributed by atoms with Gasteiger partial charge < -0.3 is 29.4 Å². The fourth-order valence-corrected chi connectivity index (χ4v) is 6.74. The van der Waals surface area contributed by atoms with E-state index in [0.29, 0.717) is 50.6 Å². The van der Waals surface area contributed by atoms with Gasteiger partial charge >= 0.3 is 12.1 Å². The Morgan fingerprint density at radius 1 is 1.21 bits per heavy atom. The fourth-order valence-electron chi connectivity index (χ4n) is 6.47. The lowest BCUT2D eigenvalue weighted by Crippen LogP contribution is -2.55. The van der Waals surface area contributed by atoms with Crippen LogP contribution in [0, 0.1) is 22.6 Å². The van der Waals surface area contributed by atoms with E-state index in [1.165, 1.54) is 11.0 Å². The van der Waals surface area contributed by atoms with Crippen molar-refractivity contribution >= 4 is 40.0 Å². The van der Waals surface area contributed by atoms with Crippen LogP contribution in [0.25, 0.3) is 10.8 Å². The number of carboxylic acid groups (broad SMARTS) is 1. The zero-order valence-electron chi connectivity index (χ0n) is 24.4. The Labute approximate surface area is 255 Å². The molecule has 2 aliphatic heterocycles. The molecule has 1 aromatic heterocycles. The van der Waals surface area contributed by atoms with Gasteiger partial charge in [-0.1, -0.05) is 29.8 Å². The van der Waals surface area contributed by atoms with E-state index in [2.05, 4.69) is 34.9 Å². The number of rotatable bonds is 8. The summed E-state index contributed by atoms with van der Waals surface area (Å²) in [6.07, 6.45) is 1.87. The minimum absolute atomic E-state index is 0.0870. The number of anilines is 2. The molecule has 2 fully saturated rings. The van der Waals surface area contributed by atoms with Crippen molar-refractivity contribution < 1.29 is 19.0 Å². The Morgan fingerprint density at radius 2 is 2.02 bits per heavy atom. The fraction of sp³-hybridized carbons (Fsp3) is 0.484. The van der Waals surface area contributed by atoms with Crippen molar-refractivity contribution in [1.82, 2.24) is 19.8 Å². The van der Waals surface area contributed by atoms with Crippen LogP contribution in [-0.2, 0) is 13.0 Å². The SMILES string of the molecule is CN(C)CC1(COc2nc3c(c(N4CCN(C(=O)O)[C@@H](CC#N)C4)n2)CCN(c2cccc4ccc(F)c(Cl)c24)C3)CC1. The van der Waals surface area contributed by atoms with Crippen molar-refractivity contribution in [3.63, 3.8) is 0 Å². The highest BCUT2D eigenvalue weighted by Gasteiger charge is 2.44. The van der Waals surface area contributed by atoms with E-state index in [0.717, 1.165) is 47.5 Å². The average molecular weight is 608 g/mol. The summed E-state index contributed by atoms with van der Waals surface area (Å²) in [6.45, 7) is 3.59. The number of nitriles is 1. The summed E-state index contributed by atoms with van der Waals surface area (Å²) < 4.78 is 20.8. The van der Waals surface area contributed by atoms with Crippen molar-refractivity contribution in [2.24, 2.45) is 5.41 Å². The van der Waals surface area contributed by atoms with Crippen molar-refractivity contribution in [3.05, 3.63) is 52.4 Å². The number of hydrogen-bond acceptors (Lipinski definition) is 8. The normalized spacial score (nSPS) is 19.3. The Morgan fingerprint density at radius 3 is 2.74 bits per heavy atom. The molecule has 3 aromatic rings. The molecule has 0 unspecified atom stereocenters. The second-order valence-corrected chi connectivity index (χ2v) is 12.5. The van der Waals surface area contributed by atoms with Gasteiger partial charge in [-0.05, 0) is 50.9 Å². The Hall–Kier alpha value is -3.88. The highest BCUT2D eigenvalue weighted by Crippen LogP contribution is 2.46. The number of benzene rings is 2. The molecule has 1 saturated heterocycles. The summed E-state index contributed by atoms with van der Waals surface area (Å²) in [5.74, 6) is 0.269. The number of aromatic nitrogens is 2. The average Bonchev–Trinajstić information content (AvgIpc) is 3.75. The first-order chi connectivity index (χ1) is 20.7. The van der Waals surface area contributed by atoms with Gasteiger partial charge in [0.15, 0.2) is 0 Å². The summed E-state index contributed by atoms with van der Waals surface area (Å²) in [6, 6.07) is 10.9. The Balaban J connectivity index is 1.35. The predicted molar refractivity (Wildman–Crippen MR) is 162 cm³/mol. The first-order valence-corrected chi connectivity index (χ1v) is 15.0. The second-order valence-electron chi connectivity index (χ2n) is 12.1. The molecule has 2 aromatic carbocycles. The van der Waals surface area contributed by atoms with Crippen LogP contribution in [0.15, 0.2) is 30.3 Å². The van der Waals surface area contributed by atoms with Crippen LogP contribution in [0.1, 0.15) is 30.5 Å². The van der Waals surface area contributed by atoms with Gasteiger partial charge in [0.1, 0.15) is 11.6 Å². The smallest absolute Gasteiger partial charge is 0.407 e. The number of amides is 1. The van der Waals surface area contributed by atoms with Gasteiger partial charge in [0, 0.05) is 54.8 Å². The van der Waals surface area contributed by atoms with Crippen LogP contribution < -0.4 is 14.5 Å². The molecule has 3 heterocycles. The van der Waals surface area contributed by atoms with Crippen molar-refractivity contribution in [3.8, 4) is 12.1 Å². The second kappa shape index (κ2) is 11.7. The van der Waals surface area contributed by atoms with E-state index in [1.54, 1.807) is 6.07 Å². The van der Waals surface area contributed by atoms with Gasteiger partial charge in [-0.25, -0.2) is 9.18 Å². The summed E-state index contributed by atoms with van der Waals surface area (Å²) in [7, 11) is 4.12. The van der Waals surface area contributed by atoms with E-state index < -0.39 is 18.0 Å². The molecule has 226 valence electrons. The van der Waals surface area contributed by atoms with Crippen LogP contribution in [0.2, 0.25) is 5.02 Å². The minimum atomic E-state index is -1.02. The number of hydrogen-bond donors (Lipinski definition) is 1. The van der Waals surface area contributed by atoms with E-state index in [1.807, 2.05) is 18.2 Å². The van der Waals surface area contributed by atoms with E-state index >= 15 is 0 Å². The monoisotopic (exact) mass is 607 g/mol. The standard InChI is InChI=1S/C31H35ClFN7O3/c1-37(2)18-31(10-11-31)19-43-29-35-24-17-38(25-5-3-4-20-6-7-23(33)27(32)26(20)25)13-9-22(24)28(36-29)39-14-15-40(30(41)42)21(16-39)8-12-34/h3-7,21H,8-11,13-19H2,1-2H3,(H,41,42)/t21-/m0/s1. The van der Waals surface area contributed by atoms with Crippen LogP contribution in [0.4, 0.5) is 20.7 Å². The molecule has 0 radical (unpaired) electrons. The molecular formula is C31H35ClFN7O3. The third kappa shape index (κ3) is 5.86. The van der Waals surface area contributed by atoms with E-state index in [9.17, 15) is 19.6 Å². The van der Waals surface area contributed by atoms with Crippen molar-refractivity contribution in [2.45, 2.75) is 38.3 Å². The predicted octanol–water partition coefficient (Wildman–Crippen LogP) is 4.79. The Bertz CT molecular complexity index is 1590. The van der Waals surface area contributed by atoms with Gasteiger partial charge in [0.25, 0.3) is 0 Å². The molecule has 10 nitrogen and oxygen atoms in total. The molecule has 43 heavy (non-hydrogen) atoms. The minimum Gasteiger partial charge on any atom is -0.465 e. The van der Waals surface area contributed by atoms with Crippen LogP contribution in [0.3, 0.4) is 0 Å². The largest absolute Gasteiger partial charge is 0.465 e. The lowest BCUT2D eigenvalue weighted by molar-refractivity contribution is 0.119. The topological polar surface area (TPSA) is 109 Å². The van der Waals surface area contributed by atoms with Crippen LogP contribution in [0.5, 0.6) is 6.01 Å². The first kappa shape index (κ1) is 29.2. The molecule has 1 amide bonds. The summed E-state index contributed by atoms with van der Waals surface area (Å²) >= 11 is 6.48. The highest BCUT2D eigenvalue weighted by atomic mass is 35.5. The first-order valence-electron chi connectivity index (χ1n) is 14.6. The summed E-state index contributed by atoms with van der Waals surface area (Å²) in [4.78, 5) is 29.4. The zero-order valence-corrected chi connectivity index (χ0v) is 25.1. The third-order valence-corrected chi connectivity index (χ3v) is 9.12. The van der Waals surface area contributed by atoms with Gasteiger partial charge in [-0.3, -0.25) is 0 Å². The third-order valence-electron chi connectivity index (χ3n) is 8.75. The van der Waals surface area contributed by atoms with Gasteiger partial charge in [0.2, 0.25) is 0 Å². The van der Waals surface area contributed by atoms with Gasteiger partial charge in [0.05, 0.1) is 42.4 Å². The molecule has 3 aliphatic rings. The Kier molecular flexibility index (Phi) is 7.92. The zero-order chi connectivity index (χ0) is 30.3. The number of fused-ring (bicyclic) bond motifs is 2. The van der Waals surface area contributed by atoms with Gasteiger partial charge in [-0.15, -0.1) is 0 Å². The van der Waals surface area contributed by atoms with Crippen molar-refractivity contribution in [1.29, 1.82) is 5.26 Å². The number of ether oxygens (including phenoxy) is 1. The lowest BCUT2D eigenvalue weighted by Gasteiger charge is -2.41. The quantitative estimate of drug-likeness (QED) is 0.387. The molecule has 12 heteroatoms. The van der Waals surface area contributed by atoms with Crippen molar-refractivity contribution in [2.75, 3.05) is 63.2 Å². The maximum Gasteiger partial charge on any atom is 0.407 e. The molecule has 1 atom stereocenters. The molecular weight excluding hydrogens is 573 g/mol. The van der Waals surface area contributed by atoms with Crippen LogP contribution >= 0.6 is 11.6 Å². The number of piperazine rings is 1. The maximum atomic E-state index is 14.5. The molecule has 1 saturated carbocycles. The molecule has 1 aliphatic carbocycles. The molecule has 6 rings (SSSR count). The molecule has 0 bridgehead atoms. The van der Waals surface area contributed by atoms with E-state index in [4.69, 9.17) is 26.3 Å². The van der Waals surface area contributed by atoms with Crippen LogP contribution in [-0.4, -0.2) is 90.4 Å². The highest BCUT2D eigenvalue weighted by molar-refractivity contribution is 6.36. The van der Waals surface area contributed by atoms with E-state index in [-0.39, 0.29) is 23.4 Å². The summed E-state index contributed by atoms with van der Waals surface area (Å²) in [5.41, 5.74) is 2.71. The lowest BCUT2D eigenvalue weighted by atomic mass is 10.0. The molecule has 0 spiro atoms. The van der Waals surface area contributed by atoms with Gasteiger partial charge in [-0.2, -0.15) is 15.2 Å². The number of halogens is 2.